The fourth-order valence-corrected chi connectivity index (χ4v) is 2.99. The minimum Gasteiger partial charge on any atom is -0.488 e. The van der Waals surface area contributed by atoms with Gasteiger partial charge in [0.25, 0.3) is 0 Å². The SMILES string of the molecule is O=C1C(=Cc2ccc(-n3cncn3)cc2)COc2cc3c(cc21)OCO3. The van der Waals surface area contributed by atoms with Crippen LogP contribution >= 0.6 is 0 Å². The first-order valence-electron chi connectivity index (χ1n) is 8.05. The third-order valence-electron chi connectivity index (χ3n) is 4.31. The monoisotopic (exact) mass is 347 g/mol. The van der Waals surface area contributed by atoms with Gasteiger partial charge < -0.3 is 14.2 Å². The Morgan fingerprint density at radius 1 is 1.00 bits per heavy atom. The number of ether oxygens (including phenoxy) is 3. The summed E-state index contributed by atoms with van der Waals surface area (Å²) in [6, 6.07) is 11.1. The highest BCUT2D eigenvalue weighted by atomic mass is 16.7. The molecule has 3 heterocycles. The van der Waals surface area contributed by atoms with Gasteiger partial charge in [0, 0.05) is 11.6 Å². The zero-order valence-electron chi connectivity index (χ0n) is 13.6. The lowest BCUT2D eigenvalue weighted by molar-refractivity contribution is 0.100. The minimum atomic E-state index is -0.0649. The van der Waals surface area contributed by atoms with E-state index in [0.29, 0.717) is 28.4 Å². The summed E-state index contributed by atoms with van der Waals surface area (Å²) in [6.45, 7) is 0.379. The van der Waals surface area contributed by atoms with Crippen LogP contribution in [0, 0.1) is 0 Å². The Labute approximate surface area is 148 Å². The molecule has 26 heavy (non-hydrogen) atoms. The predicted molar refractivity (Wildman–Crippen MR) is 91.7 cm³/mol. The number of benzene rings is 2. The van der Waals surface area contributed by atoms with Crippen LogP contribution in [0.5, 0.6) is 17.2 Å². The average Bonchev–Trinajstić information content (AvgIpc) is 3.35. The number of ketones is 1. The number of carbonyl (C=O) groups excluding carboxylic acids is 1. The van der Waals surface area contributed by atoms with Gasteiger partial charge in [0.2, 0.25) is 6.79 Å². The Balaban J connectivity index is 1.45. The number of aromatic nitrogens is 3. The van der Waals surface area contributed by atoms with Gasteiger partial charge in [-0.1, -0.05) is 12.1 Å². The summed E-state index contributed by atoms with van der Waals surface area (Å²) in [5, 5.41) is 4.09. The summed E-state index contributed by atoms with van der Waals surface area (Å²) in [5.41, 5.74) is 2.88. The molecule has 0 bridgehead atoms. The lowest BCUT2D eigenvalue weighted by atomic mass is 9.98. The zero-order valence-corrected chi connectivity index (χ0v) is 13.6. The fraction of sp³-hybridized carbons (Fsp3) is 0.105. The van der Waals surface area contributed by atoms with E-state index in [-0.39, 0.29) is 19.2 Å². The van der Waals surface area contributed by atoms with Crippen molar-refractivity contribution in [2.24, 2.45) is 0 Å². The Morgan fingerprint density at radius 2 is 1.81 bits per heavy atom. The molecular formula is C19H13N3O4. The molecule has 1 aromatic heterocycles. The maximum absolute atomic E-state index is 12.8. The van der Waals surface area contributed by atoms with E-state index in [1.54, 1.807) is 23.1 Å². The Kier molecular flexibility index (Phi) is 3.24. The van der Waals surface area contributed by atoms with Crippen molar-refractivity contribution in [2.45, 2.75) is 0 Å². The molecule has 0 saturated heterocycles. The van der Waals surface area contributed by atoms with Crippen molar-refractivity contribution in [1.82, 2.24) is 14.8 Å². The van der Waals surface area contributed by atoms with Crippen LogP contribution in [0.25, 0.3) is 11.8 Å². The second-order valence-corrected chi connectivity index (χ2v) is 5.92. The maximum Gasteiger partial charge on any atom is 0.231 e. The first-order chi connectivity index (χ1) is 12.8. The van der Waals surface area contributed by atoms with E-state index in [4.69, 9.17) is 14.2 Å². The lowest BCUT2D eigenvalue weighted by Gasteiger charge is -2.19. The van der Waals surface area contributed by atoms with E-state index in [2.05, 4.69) is 10.1 Å². The summed E-state index contributed by atoms with van der Waals surface area (Å²) >= 11 is 0. The quantitative estimate of drug-likeness (QED) is 0.664. The molecule has 0 spiro atoms. The second-order valence-electron chi connectivity index (χ2n) is 5.92. The highest BCUT2D eigenvalue weighted by Gasteiger charge is 2.27. The molecule has 0 atom stereocenters. The van der Waals surface area contributed by atoms with E-state index in [1.807, 2.05) is 30.3 Å². The molecule has 2 aliphatic rings. The van der Waals surface area contributed by atoms with Crippen molar-refractivity contribution in [3.05, 3.63) is 65.8 Å². The van der Waals surface area contributed by atoms with Crippen LogP contribution in [0.3, 0.4) is 0 Å². The molecule has 128 valence electrons. The Bertz CT molecular complexity index is 1020. The van der Waals surface area contributed by atoms with E-state index in [0.717, 1.165) is 11.3 Å². The van der Waals surface area contributed by atoms with Gasteiger partial charge >= 0.3 is 0 Å². The van der Waals surface area contributed by atoms with Crippen molar-refractivity contribution in [2.75, 3.05) is 13.4 Å². The molecule has 3 aromatic rings. The first kappa shape index (κ1) is 14.7. The summed E-state index contributed by atoms with van der Waals surface area (Å²) in [5.74, 6) is 1.63. The third-order valence-corrected chi connectivity index (χ3v) is 4.31. The van der Waals surface area contributed by atoms with Crippen LogP contribution in [0.2, 0.25) is 0 Å². The lowest BCUT2D eigenvalue weighted by Crippen LogP contribution is -2.19. The van der Waals surface area contributed by atoms with Crippen molar-refractivity contribution >= 4 is 11.9 Å². The molecule has 7 nitrogen and oxygen atoms in total. The van der Waals surface area contributed by atoms with E-state index >= 15 is 0 Å². The summed E-state index contributed by atoms with van der Waals surface area (Å²) < 4.78 is 18.1. The van der Waals surface area contributed by atoms with Gasteiger partial charge in [-0.15, -0.1) is 0 Å². The molecule has 2 aliphatic heterocycles. The van der Waals surface area contributed by atoms with Crippen molar-refractivity contribution in [3.63, 3.8) is 0 Å². The third kappa shape index (κ3) is 2.41. The molecule has 2 aromatic carbocycles. The minimum absolute atomic E-state index is 0.0649. The molecule has 0 unspecified atom stereocenters. The fourth-order valence-electron chi connectivity index (χ4n) is 2.99. The number of hydrogen-bond acceptors (Lipinski definition) is 6. The number of hydrogen-bond donors (Lipinski definition) is 0. The van der Waals surface area contributed by atoms with Gasteiger partial charge in [-0.2, -0.15) is 5.10 Å². The predicted octanol–water partition coefficient (Wildman–Crippen LogP) is 2.65. The second kappa shape index (κ2) is 5.73. The number of nitrogens with zero attached hydrogens (tertiary/aromatic N) is 3. The molecule has 0 aliphatic carbocycles. The van der Waals surface area contributed by atoms with Gasteiger partial charge in [0.05, 0.1) is 11.3 Å². The molecule has 0 radical (unpaired) electrons. The maximum atomic E-state index is 12.8. The van der Waals surface area contributed by atoms with Crippen molar-refractivity contribution in [1.29, 1.82) is 0 Å². The van der Waals surface area contributed by atoms with Crippen LogP contribution < -0.4 is 14.2 Å². The normalized spacial score (nSPS) is 16.5. The van der Waals surface area contributed by atoms with Gasteiger partial charge in [-0.05, 0) is 29.8 Å². The summed E-state index contributed by atoms with van der Waals surface area (Å²) in [7, 11) is 0. The highest BCUT2D eigenvalue weighted by molar-refractivity contribution is 6.14. The smallest absolute Gasteiger partial charge is 0.231 e. The Morgan fingerprint density at radius 3 is 2.58 bits per heavy atom. The molecule has 0 saturated carbocycles. The zero-order chi connectivity index (χ0) is 17.5. The van der Waals surface area contributed by atoms with Crippen LogP contribution in [0.4, 0.5) is 0 Å². The average molecular weight is 347 g/mol. The topological polar surface area (TPSA) is 75.5 Å². The van der Waals surface area contributed by atoms with Crippen LogP contribution in [0.1, 0.15) is 15.9 Å². The first-order valence-corrected chi connectivity index (χ1v) is 8.05. The van der Waals surface area contributed by atoms with E-state index in [9.17, 15) is 4.79 Å². The molecule has 7 heteroatoms. The Hall–Kier alpha value is -3.61. The van der Waals surface area contributed by atoms with Crippen molar-refractivity contribution in [3.8, 4) is 22.9 Å². The number of fused-ring (bicyclic) bond motifs is 2. The molecule has 0 fully saturated rings. The van der Waals surface area contributed by atoms with Gasteiger partial charge in [0.1, 0.15) is 25.0 Å². The summed E-state index contributed by atoms with van der Waals surface area (Å²) in [6.07, 6.45) is 4.95. The highest BCUT2D eigenvalue weighted by Crippen LogP contribution is 2.40. The standard InChI is InChI=1S/C19H13N3O4/c23-19-13(5-12-1-3-14(4-2-12)22-10-20-9-21-22)8-24-16-7-18-17(6-15(16)19)25-11-26-18/h1-7,9-10H,8,11H2. The number of carbonyl (C=O) groups is 1. The largest absolute Gasteiger partial charge is 0.488 e. The summed E-state index contributed by atoms with van der Waals surface area (Å²) in [4.78, 5) is 16.7. The van der Waals surface area contributed by atoms with E-state index in [1.165, 1.54) is 6.33 Å². The molecule has 0 amide bonds. The van der Waals surface area contributed by atoms with Gasteiger partial charge in [-0.3, -0.25) is 4.79 Å². The molecule has 5 rings (SSSR count). The molecule has 0 N–H and O–H groups in total. The van der Waals surface area contributed by atoms with E-state index < -0.39 is 0 Å². The van der Waals surface area contributed by atoms with Crippen LogP contribution in [0.15, 0.2) is 54.6 Å². The van der Waals surface area contributed by atoms with Gasteiger partial charge in [-0.25, -0.2) is 9.67 Å². The van der Waals surface area contributed by atoms with Crippen molar-refractivity contribution < 1.29 is 19.0 Å². The van der Waals surface area contributed by atoms with Gasteiger partial charge in [0.15, 0.2) is 17.3 Å². The number of rotatable bonds is 2. The van der Waals surface area contributed by atoms with Crippen LogP contribution in [-0.2, 0) is 0 Å². The van der Waals surface area contributed by atoms with Crippen LogP contribution in [-0.4, -0.2) is 33.9 Å². The molecular weight excluding hydrogens is 334 g/mol. The number of Topliss-reactive ketones (excluding diaryl/α,β-unsaturated/α-hetero) is 1.